The summed E-state index contributed by atoms with van der Waals surface area (Å²) in [5, 5.41) is 19.5. The summed E-state index contributed by atoms with van der Waals surface area (Å²) in [7, 11) is 0. The molecule has 0 aliphatic carbocycles. The van der Waals surface area contributed by atoms with Gasteiger partial charge in [0.1, 0.15) is 5.75 Å². The number of hydrazone groups is 2. The number of nitrogens with one attached hydrogen (secondary N) is 3. The van der Waals surface area contributed by atoms with Crippen LogP contribution in [0, 0.1) is 0 Å². The Hall–Kier alpha value is -3.06. The van der Waals surface area contributed by atoms with Crippen LogP contribution in [0.15, 0.2) is 64.8 Å². The molecule has 1 heterocycles. The largest absolute Gasteiger partial charge is 0.507 e. The lowest BCUT2D eigenvalue weighted by molar-refractivity contribution is 0.474. The quantitative estimate of drug-likeness (QED) is 0.501. The van der Waals surface area contributed by atoms with Gasteiger partial charge in [-0.15, -0.1) is 10.6 Å². The van der Waals surface area contributed by atoms with Crippen LogP contribution in [0.1, 0.15) is 5.56 Å². The number of aromatic hydroxyl groups is 1. The van der Waals surface area contributed by atoms with E-state index in [-0.39, 0.29) is 5.75 Å². The van der Waals surface area contributed by atoms with Gasteiger partial charge in [0, 0.05) is 5.56 Å². The minimum absolute atomic E-state index is 0.174. The Kier molecular flexibility index (Phi) is 3.66. The van der Waals surface area contributed by atoms with Gasteiger partial charge in [0.15, 0.2) is 0 Å². The third kappa shape index (κ3) is 2.93. The Bertz CT molecular complexity index is 670. The molecule has 0 saturated heterocycles. The summed E-state index contributed by atoms with van der Waals surface area (Å²) in [6, 6.07) is 16.6. The van der Waals surface area contributed by atoms with Crippen LogP contribution in [0.2, 0.25) is 0 Å². The normalized spacial score (nSPS) is 14.1. The van der Waals surface area contributed by atoms with Gasteiger partial charge >= 0.3 is 0 Å². The molecule has 21 heavy (non-hydrogen) atoms. The molecule has 2 aromatic carbocycles. The van der Waals surface area contributed by atoms with E-state index < -0.39 is 0 Å². The van der Waals surface area contributed by atoms with Gasteiger partial charge in [-0.2, -0.15) is 5.10 Å². The minimum atomic E-state index is 0.174. The topological polar surface area (TPSA) is 84.3 Å². The standard InChI is InChI=1S/C14H14N6O/c21-13-9-5-4-6-11(13)10-15-16-14-17-18-19-20(14)12-7-2-1-3-8-12/h1-10,18-19,21H,(H,16,17)/b15-10+. The number of hydrazine groups is 2. The van der Waals surface area contributed by atoms with E-state index in [1.54, 1.807) is 23.2 Å². The van der Waals surface area contributed by atoms with E-state index in [0.717, 1.165) is 5.69 Å². The zero-order chi connectivity index (χ0) is 14.5. The average Bonchev–Trinajstić information content (AvgIpc) is 2.99. The van der Waals surface area contributed by atoms with Gasteiger partial charge in [0.2, 0.25) is 0 Å². The summed E-state index contributed by atoms with van der Waals surface area (Å²) >= 11 is 0. The minimum Gasteiger partial charge on any atom is -0.507 e. The lowest BCUT2D eigenvalue weighted by Gasteiger charge is -2.17. The van der Waals surface area contributed by atoms with Gasteiger partial charge in [-0.1, -0.05) is 30.3 Å². The molecule has 0 amide bonds. The van der Waals surface area contributed by atoms with Gasteiger partial charge in [0.25, 0.3) is 5.96 Å². The van der Waals surface area contributed by atoms with E-state index in [1.807, 2.05) is 36.4 Å². The summed E-state index contributed by atoms with van der Waals surface area (Å²) in [6.45, 7) is 0. The van der Waals surface area contributed by atoms with Crippen molar-refractivity contribution in [3.05, 3.63) is 60.2 Å². The number of hydrogen-bond donors (Lipinski definition) is 4. The highest BCUT2D eigenvalue weighted by Gasteiger charge is 2.17. The molecule has 0 atom stereocenters. The fourth-order valence-corrected chi connectivity index (χ4v) is 1.83. The van der Waals surface area contributed by atoms with Crippen LogP contribution in [-0.2, 0) is 0 Å². The second kappa shape index (κ2) is 5.93. The highest BCUT2D eigenvalue weighted by molar-refractivity contribution is 5.96. The number of anilines is 1. The summed E-state index contributed by atoms with van der Waals surface area (Å²) in [5.41, 5.74) is 9.88. The maximum atomic E-state index is 9.65. The van der Waals surface area contributed by atoms with E-state index in [4.69, 9.17) is 0 Å². The monoisotopic (exact) mass is 282 g/mol. The van der Waals surface area contributed by atoms with Crippen LogP contribution in [0.4, 0.5) is 5.69 Å². The zero-order valence-electron chi connectivity index (χ0n) is 11.1. The molecule has 7 nitrogen and oxygen atoms in total. The lowest BCUT2D eigenvalue weighted by atomic mass is 10.2. The summed E-state index contributed by atoms with van der Waals surface area (Å²) in [4.78, 5) is 0. The third-order valence-electron chi connectivity index (χ3n) is 2.85. The molecule has 1 aliphatic heterocycles. The molecule has 0 bridgehead atoms. The van der Waals surface area contributed by atoms with Gasteiger partial charge in [-0.25, -0.2) is 16.0 Å². The van der Waals surface area contributed by atoms with Crippen molar-refractivity contribution in [3.8, 4) is 5.75 Å². The average molecular weight is 282 g/mol. The predicted octanol–water partition coefficient (Wildman–Crippen LogP) is 1.12. The first kappa shape index (κ1) is 12.9. The van der Waals surface area contributed by atoms with Crippen molar-refractivity contribution in [2.45, 2.75) is 0 Å². The Balaban J connectivity index is 1.69. The van der Waals surface area contributed by atoms with Crippen LogP contribution in [0.5, 0.6) is 5.75 Å². The molecule has 0 radical (unpaired) electrons. The molecule has 1 aliphatic rings. The number of para-hydroxylation sites is 2. The Morgan fingerprint density at radius 3 is 2.67 bits per heavy atom. The van der Waals surface area contributed by atoms with E-state index in [0.29, 0.717) is 11.5 Å². The van der Waals surface area contributed by atoms with Gasteiger partial charge < -0.3 is 5.11 Å². The number of phenols is 1. The molecule has 2 aromatic rings. The van der Waals surface area contributed by atoms with Crippen molar-refractivity contribution >= 4 is 17.9 Å². The van der Waals surface area contributed by atoms with E-state index in [9.17, 15) is 5.11 Å². The summed E-state index contributed by atoms with van der Waals surface area (Å²) in [6.07, 6.45) is 1.53. The highest BCUT2D eigenvalue weighted by atomic mass is 16.3. The number of benzene rings is 2. The molecule has 7 heteroatoms. The molecule has 0 unspecified atom stereocenters. The van der Waals surface area contributed by atoms with Crippen LogP contribution in [0.25, 0.3) is 0 Å². The SMILES string of the molecule is Oc1ccccc1/C=N/NC1=NNNN1c1ccccc1. The van der Waals surface area contributed by atoms with Crippen molar-refractivity contribution in [1.29, 1.82) is 0 Å². The fraction of sp³-hybridized carbons (Fsp3) is 0. The lowest BCUT2D eigenvalue weighted by Crippen LogP contribution is -2.45. The molecule has 0 spiro atoms. The Morgan fingerprint density at radius 1 is 1.10 bits per heavy atom. The molecule has 0 fully saturated rings. The van der Waals surface area contributed by atoms with Gasteiger partial charge in [0.05, 0.1) is 11.9 Å². The Morgan fingerprint density at radius 2 is 1.86 bits per heavy atom. The number of phenolic OH excluding ortho intramolecular Hbond substituents is 1. The van der Waals surface area contributed by atoms with Crippen molar-refractivity contribution in [3.63, 3.8) is 0 Å². The maximum absolute atomic E-state index is 9.65. The summed E-state index contributed by atoms with van der Waals surface area (Å²) < 4.78 is 0. The van der Waals surface area contributed by atoms with Crippen molar-refractivity contribution in [2.24, 2.45) is 10.2 Å². The molecule has 4 N–H and O–H groups in total. The van der Waals surface area contributed by atoms with Crippen molar-refractivity contribution in [2.75, 3.05) is 5.01 Å². The first-order valence-corrected chi connectivity index (χ1v) is 6.35. The smallest absolute Gasteiger partial charge is 0.259 e. The number of hydrogen-bond acceptors (Lipinski definition) is 7. The van der Waals surface area contributed by atoms with Crippen LogP contribution in [0.3, 0.4) is 0 Å². The van der Waals surface area contributed by atoms with E-state index in [1.165, 1.54) is 6.21 Å². The molecule has 3 rings (SSSR count). The summed E-state index contributed by atoms with van der Waals surface area (Å²) in [5.74, 6) is 0.667. The van der Waals surface area contributed by atoms with E-state index in [2.05, 4.69) is 26.7 Å². The first-order valence-electron chi connectivity index (χ1n) is 6.35. The van der Waals surface area contributed by atoms with Crippen LogP contribution in [-0.4, -0.2) is 17.3 Å². The number of guanidine groups is 1. The zero-order valence-corrected chi connectivity index (χ0v) is 11.1. The number of rotatable bonds is 3. The maximum Gasteiger partial charge on any atom is 0.259 e. The van der Waals surface area contributed by atoms with E-state index >= 15 is 0 Å². The third-order valence-corrected chi connectivity index (χ3v) is 2.85. The molecule has 0 aromatic heterocycles. The Labute approximate surface area is 121 Å². The van der Waals surface area contributed by atoms with Crippen LogP contribution < -0.4 is 21.5 Å². The molecular weight excluding hydrogens is 268 g/mol. The first-order chi connectivity index (χ1) is 10.3. The van der Waals surface area contributed by atoms with Crippen molar-refractivity contribution < 1.29 is 5.11 Å². The van der Waals surface area contributed by atoms with Gasteiger partial charge in [-0.05, 0) is 24.3 Å². The van der Waals surface area contributed by atoms with Gasteiger partial charge in [-0.3, -0.25) is 0 Å². The fourth-order valence-electron chi connectivity index (χ4n) is 1.83. The molecular formula is C14H14N6O. The second-order valence-corrected chi connectivity index (χ2v) is 4.26. The number of nitrogens with zero attached hydrogens (tertiary/aromatic N) is 3. The predicted molar refractivity (Wildman–Crippen MR) is 81.5 cm³/mol. The second-order valence-electron chi connectivity index (χ2n) is 4.26. The van der Waals surface area contributed by atoms with Crippen molar-refractivity contribution in [1.82, 2.24) is 16.5 Å². The molecule has 0 saturated carbocycles. The highest BCUT2D eigenvalue weighted by Crippen LogP contribution is 2.13. The van der Waals surface area contributed by atoms with Crippen LogP contribution >= 0.6 is 0 Å². The molecule has 106 valence electrons.